The summed E-state index contributed by atoms with van der Waals surface area (Å²) >= 11 is 5.85. The second-order valence-electron chi connectivity index (χ2n) is 3.47. The highest BCUT2D eigenvalue weighted by Gasteiger charge is 2.03. The monoisotopic (exact) mass is 273 g/mol. The van der Waals surface area contributed by atoms with Crippen LogP contribution in [0.5, 0.6) is 0 Å². The van der Waals surface area contributed by atoms with Gasteiger partial charge in [-0.25, -0.2) is 15.0 Å². The van der Waals surface area contributed by atoms with Crippen molar-refractivity contribution in [2.45, 2.75) is 0 Å². The molecule has 0 saturated heterocycles. The van der Waals surface area contributed by atoms with Crippen LogP contribution in [0.3, 0.4) is 0 Å². The van der Waals surface area contributed by atoms with Crippen molar-refractivity contribution in [1.82, 2.24) is 15.0 Å². The molecule has 6 nitrogen and oxygen atoms in total. The highest BCUT2D eigenvalue weighted by molar-refractivity contribution is 6.30. The van der Waals surface area contributed by atoms with Crippen LogP contribution in [0, 0.1) is 11.8 Å². The SMILES string of the molecule is NC(=O)c1ccc(C#Cc2c(N)ncnc2Cl)nc1. The molecule has 94 valence electrons. The summed E-state index contributed by atoms with van der Waals surface area (Å²) in [5.74, 6) is 5.14. The molecule has 2 aromatic heterocycles. The lowest BCUT2D eigenvalue weighted by atomic mass is 10.2. The molecule has 0 bridgehead atoms. The molecule has 7 heteroatoms. The van der Waals surface area contributed by atoms with Gasteiger partial charge < -0.3 is 11.5 Å². The number of pyridine rings is 1. The van der Waals surface area contributed by atoms with Crippen LogP contribution in [-0.2, 0) is 0 Å². The predicted octanol–water partition coefficient (Wildman–Crippen LogP) is 0.606. The van der Waals surface area contributed by atoms with Gasteiger partial charge in [0.1, 0.15) is 28.6 Å². The lowest BCUT2D eigenvalue weighted by Gasteiger charge is -1.97. The zero-order valence-corrected chi connectivity index (χ0v) is 10.3. The summed E-state index contributed by atoms with van der Waals surface area (Å²) in [5, 5.41) is 0.175. The van der Waals surface area contributed by atoms with E-state index in [9.17, 15) is 4.79 Å². The molecule has 1 amide bonds. The molecule has 0 atom stereocenters. The van der Waals surface area contributed by atoms with Crippen molar-refractivity contribution < 1.29 is 4.79 Å². The number of aromatic nitrogens is 3. The van der Waals surface area contributed by atoms with Crippen molar-refractivity contribution in [2.24, 2.45) is 5.73 Å². The fraction of sp³-hybridized carbons (Fsp3) is 0. The quantitative estimate of drug-likeness (QED) is 0.584. The molecule has 0 unspecified atom stereocenters. The lowest BCUT2D eigenvalue weighted by molar-refractivity contribution is 0.1000. The maximum Gasteiger partial charge on any atom is 0.250 e. The molecule has 0 aliphatic rings. The van der Waals surface area contributed by atoms with Gasteiger partial charge in [-0.2, -0.15) is 0 Å². The highest BCUT2D eigenvalue weighted by atomic mass is 35.5. The molecule has 0 saturated carbocycles. The lowest BCUT2D eigenvalue weighted by Crippen LogP contribution is -2.11. The first-order valence-electron chi connectivity index (χ1n) is 5.12. The number of nitrogen functional groups attached to an aromatic ring is 1. The van der Waals surface area contributed by atoms with Gasteiger partial charge in [-0.3, -0.25) is 4.79 Å². The average Bonchev–Trinajstić information content (AvgIpc) is 2.38. The van der Waals surface area contributed by atoms with Gasteiger partial charge in [-0.15, -0.1) is 0 Å². The summed E-state index contributed by atoms with van der Waals surface area (Å²) in [6, 6.07) is 3.10. The predicted molar refractivity (Wildman–Crippen MR) is 70.2 cm³/mol. The van der Waals surface area contributed by atoms with Gasteiger partial charge in [-0.05, 0) is 18.1 Å². The highest BCUT2D eigenvalue weighted by Crippen LogP contribution is 2.15. The third kappa shape index (κ3) is 2.97. The Labute approximate surface area is 113 Å². The molecule has 2 heterocycles. The Morgan fingerprint density at radius 3 is 2.58 bits per heavy atom. The average molecular weight is 274 g/mol. The number of carbonyl (C=O) groups excluding carboxylic acids is 1. The van der Waals surface area contributed by atoms with Crippen LogP contribution in [0.4, 0.5) is 5.82 Å². The first-order chi connectivity index (χ1) is 9.08. The topological polar surface area (TPSA) is 108 Å². The Morgan fingerprint density at radius 2 is 2.00 bits per heavy atom. The first-order valence-corrected chi connectivity index (χ1v) is 5.49. The van der Waals surface area contributed by atoms with Crippen LogP contribution in [0.15, 0.2) is 24.7 Å². The van der Waals surface area contributed by atoms with E-state index in [0.717, 1.165) is 0 Å². The zero-order valence-electron chi connectivity index (χ0n) is 9.59. The zero-order chi connectivity index (χ0) is 13.8. The number of halogens is 1. The van der Waals surface area contributed by atoms with Gasteiger partial charge in [-0.1, -0.05) is 17.5 Å². The van der Waals surface area contributed by atoms with Crippen molar-refractivity contribution in [1.29, 1.82) is 0 Å². The van der Waals surface area contributed by atoms with Gasteiger partial charge in [0.05, 0.1) is 5.56 Å². The molecule has 0 fully saturated rings. The minimum absolute atomic E-state index is 0.175. The van der Waals surface area contributed by atoms with Crippen LogP contribution >= 0.6 is 11.6 Å². The van der Waals surface area contributed by atoms with Gasteiger partial charge >= 0.3 is 0 Å². The number of hydrogen-bond acceptors (Lipinski definition) is 5. The van der Waals surface area contributed by atoms with Crippen LogP contribution in [0.25, 0.3) is 0 Å². The van der Waals surface area contributed by atoms with E-state index in [1.807, 2.05) is 0 Å². The molecule has 0 aliphatic carbocycles. The van der Waals surface area contributed by atoms with Crippen molar-refractivity contribution >= 4 is 23.3 Å². The number of carbonyl (C=O) groups is 1. The van der Waals surface area contributed by atoms with Crippen molar-refractivity contribution in [3.63, 3.8) is 0 Å². The number of nitrogens with two attached hydrogens (primary N) is 2. The summed E-state index contributed by atoms with van der Waals surface area (Å²) in [7, 11) is 0. The molecule has 19 heavy (non-hydrogen) atoms. The van der Waals surface area contributed by atoms with Crippen molar-refractivity contribution in [3.05, 3.63) is 46.6 Å². The molecule has 0 aliphatic heterocycles. The van der Waals surface area contributed by atoms with Crippen LogP contribution < -0.4 is 11.5 Å². The summed E-state index contributed by atoms with van der Waals surface area (Å²) in [6.45, 7) is 0. The fourth-order valence-corrected chi connectivity index (χ4v) is 1.42. The number of anilines is 1. The third-order valence-electron chi connectivity index (χ3n) is 2.19. The molecule has 0 spiro atoms. The van der Waals surface area contributed by atoms with E-state index in [0.29, 0.717) is 16.8 Å². The van der Waals surface area contributed by atoms with E-state index in [1.165, 1.54) is 18.6 Å². The molecule has 0 aromatic carbocycles. The molecule has 4 N–H and O–H groups in total. The first kappa shape index (κ1) is 12.8. The number of amides is 1. The van der Waals surface area contributed by atoms with E-state index in [4.69, 9.17) is 23.1 Å². The maximum absolute atomic E-state index is 10.9. The van der Waals surface area contributed by atoms with Gasteiger partial charge in [0, 0.05) is 6.20 Å². The minimum Gasteiger partial charge on any atom is -0.383 e. The summed E-state index contributed by atoms with van der Waals surface area (Å²) in [4.78, 5) is 22.4. The van der Waals surface area contributed by atoms with E-state index >= 15 is 0 Å². The molecule has 2 rings (SSSR count). The number of rotatable bonds is 1. The number of hydrogen-bond donors (Lipinski definition) is 2. The largest absolute Gasteiger partial charge is 0.383 e. The second-order valence-corrected chi connectivity index (χ2v) is 3.83. The Balaban J connectivity index is 2.32. The fourth-order valence-electron chi connectivity index (χ4n) is 1.23. The number of primary amides is 1. The van der Waals surface area contributed by atoms with E-state index in [-0.39, 0.29) is 11.0 Å². The second kappa shape index (κ2) is 5.33. The molecule has 2 aromatic rings. The Kier molecular flexibility index (Phi) is 3.59. The van der Waals surface area contributed by atoms with E-state index < -0.39 is 5.91 Å². The molecular weight excluding hydrogens is 266 g/mol. The molecule has 0 radical (unpaired) electrons. The van der Waals surface area contributed by atoms with E-state index in [1.54, 1.807) is 6.07 Å². The molecular formula is C12H8ClN5O. The van der Waals surface area contributed by atoms with Crippen LogP contribution in [0.2, 0.25) is 5.15 Å². The summed E-state index contributed by atoms with van der Waals surface area (Å²) < 4.78 is 0. The van der Waals surface area contributed by atoms with Gasteiger partial charge in [0.15, 0.2) is 0 Å². The van der Waals surface area contributed by atoms with Crippen LogP contribution in [-0.4, -0.2) is 20.9 Å². The van der Waals surface area contributed by atoms with Crippen molar-refractivity contribution in [3.8, 4) is 11.8 Å². The Hall–Kier alpha value is -2.65. The third-order valence-corrected chi connectivity index (χ3v) is 2.48. The summed E-state index contributed by atoms with van der Waals surface area (Å²) in [5.41, 5.74) is 11.8. The number of nitrogens with zero attached hydrogens (tertiary/aromatic N) is 3. The smallest absolute Gasteiger partial charge is 0.250 e. The normalized spacial score (nSPS) is 9.53. The van der Waals surface area contributed by atoms with Gasteiger partial charge in [0.25, 0.3) is 0 Å². The van der Waals surface area contributed by atoms with E-state index in [2.05, 4.69) is 26.8 Å². The Morgan fingerprint density at radius 1 is 1.21 bits per heavy atom. The Bertz CT molecular complexity index is 667. The van der Waals surface area contributed by atoms with Crippen LogP contribution in [0.1, 0.15) is 21.6 Å². The standard InChI is InChI=1S/C12H8ClN5O/c13-10-9(11(14)18-6-17-10)4-3-8-2-1-7(5-16-8)12(15)19/h1-2,5-6H,(H2,15,19)(H2,14,17,18). The van der Waals surface area contributed by atoms with Crippen molar-refractivity contribution in [2.75, 3.05) is 5.73 Å². The van der Waals surface area contributed by atoms with Gasteiger partial charge in [0.2, 0.25) is 5.91 Å². The minimum atomic E-state index is -0.546. The summed E-state index contributed by atoms with van der Waals surface area (Å²) in [6.07, 6.45) is 2.60. The maximum atomic E-state index is 10.9.